The van der Waals surface area contributed by atoms with Gasteiger partial charge < -0.3 is 20.4 Å². The maximum absolute atomic E-state index is 14.6. The lowest BCUT2D eigenvalue weighted by atomic mass is 10.0. The maximum atomic E-state index is 14.6. The van der Waals surface area contributed by atoms with Crippen LogP contribution >= 0.6 is 0 Å². The van der Waals surface area contributed by atoms with Crippen molar-refractivity contribution in [2.45, 2.75) is 18.4 Å². The highest BCUT2D eigenvalue weighted by atomic mass is 19.3. The summed E-state index contributed by atoms with van der Waals surface area (Å²) >= 11 is 0. The Balaban J connectivity index is 1.49. The SMILES string of the molecule is O=C(NCC(=O)N1C[C@@H](CO)C[C@H]1C(=O)O)c1ccc2c(c1)-c1ccccc1C2(F)F. The minimum Gasteiger partial charge on any atom is -0.480 e. The van der Waals surface area contributed by atoms with E-state index < -0.39 is 36.3 Å². The van der Waals surface area contributed by atoms with Crippen molar-refractivity contribution in [3.05, 3.63) is 59.2 Å². The van der Waals surface area contributed by atoms with Crippen molar-refractivity contribution in [3.8, 4) is 11.1 Å². The number of aliphatic hydroxyl groups excluding tert-OH is 1. The van der Waals surface area contributed by atoms with E-state index in [0.29, 0.717) is 5.56 Å². The van der Waals surface area contributed by atoms with Gasteiger partial charge in [-0.3, -0.25) is 9.59 Å². The molecule has 0 saturated carbocycles. The van der Waals surface area contributed by atoms with E-state index >= 15 is 0 Å². The molecule has 2 aromatic carbocycles. The standard InChI is InChI=1S/C22H20F2N2O5/c23-22(24)16-4-2-1-3-14(16)15-8-13(5-6-17(15)22)20(29)25-9-19(28)26-10-12(11-27)7-18(26)21(30)31/h1-6,8,12,18,27H,7,9-11H2,(H,25,29)(H,30,31)/t12-,18-/m0/s1. The Hall–Kier alpha value is -3.33. The predicted octanol–water partition coefficient (Wildman–Crippen LogP) is 1.83. The highest BCUT2D eigenvalue weighted by molar-refractivity contribution is 5.99. The first kappa shape index (κ1) is 20.9. The number of carbonyl (C=O) groups excluding carboxylic acids is 2. The largest absolute Gasteiger partial charge is 0.480 e. The number of aliphatic carboxylic acids is 1. The van der Waals surface area contributed by atoms with Gasteiger partial charge in [0.05, 0.1) is 6.54 Å². The predicted molar refractivity (Wildman–Crippen MR) is 106 cm³/mol. The zero-order valence-corrected chi connectivity index (χ0v) is 16.3. The summed E-state index contributed by atoms with van der Waals surface area (Å²) in [5.41, 5.74) is 0.423. The average Bonchev–Trinajstić information content (AvgIpc) is 3.30. The maximum Gasteiger partial charge on any atom is 0.326 e. The molecule has 2 amide bonds. The lowest BCUT2D eigenvalue weighted by molar-refractivity contribution is -0.147. The minimum absolute atomic E-state index is 0.0902. The van der Waals surface area contributed by atoms with Crippen LogP contribution in [0.1, 0.15) is 27.9 Å². The number of fused-ring (bicyclic) bond motifs is 3. The van der Waals surface area contributed by atoms with Gasteiger partial charge in [0.2, 0.25) is 5.91 Å². The summed E-state index contributed by atoms with van der Waals surface area (Å²) in [4.78, 5) is 37.5. The average molecular weight is 430 g/mol. The molecule has 1 aliphatic carbocycles. The van der Waals surface area contributed by atoms with Crippen LogP contribution < -0.4 is 5.32 Å². The number of hydrogen-bond donors (Lipinski definition) is 3. The zero-order valence-electron chi connectivity index (χ0n) is 16.3. The van der Waals surface area contributed by atoms with Crippen LogP contribution in [0.15, 0.2) is 42.5 Å². The summed E-state index contributed by atoms with van der Waals surface area (Å²) in [6, 6.07) is 8.88. The topological polar surface area (TPSA) is 107 Å². The molecule has 0 radical (unpaired) electrons. The Morgan fingerprint density at radius 3 is 2.52 bits per heavy atom. The molecule has 1 heterocycles. The number of carboxylic acids is 1. The summed E-state index contributed by atoms with van der Waals surface area (Å²) in [5.74, 6) is -5.88. The van der Waals surface area contributed by atoms with Gasteiger partial charge in [0.15, 0.2) is 0 Å². The smallest absolute Gasteiger partial charge is 0.326 e. The number of benzene rings is 2. The van der Waals surface area contributed by atoms with Gasteiger partial charge in [-0.25, -0.2) is 4.79 Å². The Morgan fingerprint density at radius 2 is 1.81 bits per heavy atom. The number of amides is 2. The third-order valence-corrected chi connectivity index (χ3v) is 5.83. The summed E-state index contributed by atoms with van der Waals surface area (Å²) in [7, 11) is 0. The Bertz CT molecular complexity index is 1070. The van der Waals surface area contributed by atoms with E-state index in [-0.39, 0.29) is 47.7 Å². The molecule has 2 atom stereocenters. The van der Waals surface area contributed by atoms with Crippen molar-refractivity contribution >= 4 is 17.8 Å². The van der Waals surface area contributed by atoms with Gasteiger partial charge in [0, 0.05) is 35.8 Å². The van der Waals surface area contributed by atoms with Crippen molar-refractivity contribution < 1.29 is 33.4 Å². The molecular formula is C22H20F2N2O5. The fraction of sp³-hybridized carbons (Fsp3) is 0.318. The molecule has 2 aliphatic rings. The number of nitrogens with one attached hydrogen (secondary N) is 1. The minimum atomic E-state index is -3.15. The third-order valence-electron chi connectivity index (χ3n) is 5.83. The van der Waals surface area contributed by atoms with Crippen LogP contribution in [0, 0.1) is 5.92 Å². The van der Waals surface area contributed by atoms with Gasteiger partial charge >= 0.3 is 5.97 Å². The van der Waals surface area contributed by atoms with Crippen molar-refractivity contribution in [1.29, 1.82) is 0 Å². The number of alkyl halides is 2. The van der Waals surface area contributed by atoms with Crippen LogP contribution in [-0.2, 0) is 15.5 Å². The molecule has 0 spiro atoms. The number of hydrogen-bond acceptors (Lipinski definition) is 4. The van der Waals surface area contributed by atoms with Gasteiger partial charge in [-0.2, -0.15) is 8.78 Å². The van der Waals surface area contributed by atoms with E-state index in [4.69, 9.17) is 0 Å². The lowest BCUT2D eigenvalue weighted by Crippen LogP contribution is -2.45. The molecule has 31 heavy (non-hydrogen) atoms. The molecule has 162 valence electrons. The summed E-state index contributed by atoms with van der Waals surface area (Å²) in [6.07, 6.45) is 0.143. The fourth-order valence-electron chi connectivity index (χ4n) is 4.24. The van der Waals surface area contributed by atoms with Crippen molar-refractivity contribution in [1.82, 2.24) is 10.2 Å². The normalized spacial score (nSPS) is 20.8. The van der Waals surface area contributed by atoms with Crippen LogP contribution in [0.5, 0.6) is 0 Å². The number of rotatable bonds is 5. The Morgan fingerprint density at radius 1 is 1.10 bits per heavy atom. The second-order valence-electron chi connectivity index (χ2n) is 7.75. The van der Waals surface area contributed by atoms with Crippen LogP contribution in [0.4, 0.5) is 8.78 Å². The Kier molecular flexibility index (Phi) is 5.22. The number of aliphatic hydroxyl groups is 1. The number of likely N-dealkylation sites (tertiary alicyclic amines) is 1. The molecule has 1 aliphatic heterocycles. The summed E-state index contributed by atoms with van der Waals surface area (Å²) in [6.45, 7) is -0.585. The number of nitrogens with zero attached hydrogens (tertiary/aromatic N) is 1. The van der Waals surface area contributed by atoms with Crippen LogP contribution in [0.2, 0.25) is 0 Å². The number of halogens is 2. The molecule has 3 N–H and O–H groups in total. The molecule has 2 aromatic rings. The molecule has 0 aromatic heterocycles. The molecular weight excluding hydrogens is 410 g/mol. The molecule has 1 fully saturated rings. The summed E-state index contributed by atoms with van der Waals surface area (Å²) < 4.78 is 29.3. The second kappa shape index (κ2) is 7.73. The number of carboxylic acid groups (broad SMARTS) is 1. The van der Waals surface area contributed by atoms with Crippen molar-refractivity contribution in [3.63, 3.8) is 0 Å². The van der Waals surface area contributed by atoms with Gasteiger partial charge in [-0.05, 0) is 29.7 Å². The van der Waals surface area contributed by atoms with Crippen molar-refractivity contribution in [2.24, 2.45) is 5.92 Å². The van der Waals surface area contributed by atoms with E-state index in [1.807, 2.05) is 0 Å². The summed E-state index contributed by atoms with van der Waals surface area (Å²) in [5, 5.41) is 21.0. The quantitative estimate of drug-likeness (QED) is 0.671. The third kappa shape index (κ3) is 3.54. The lowest BCUT2D eigenvalue weighted by Gasteiger charge is -2.21. The highest BCUT2D eigenvalue weighted by Gasteiger charge is 2.44. The zero-order chi connectivity index (χ0) is 22.3. The Labute approximate surface area is 176 Å². The number of carbonyl (C=O) groups is 3. The van der Waals surface area contributed by atoms with Crippen LogP contribution in [0.25, 0.3) is 11.1 Å². The van der Waals surface area contributed by atoms with E-state index in [2.05, 4.69) is 5.32 Å². The fourth-order valence-corrected chi connectivity index (χ4v) is 4.24. The first-order valence-corrected chi connectivity index (χ1v) is 9.77. The van der Waals surface area contributed by atoms with E-state index in [0.717, 1.165) is 4.90 Å². The monoisotopic (exact) mass is 430 g/mol. The highest BCUT2D eigenvalue weighted by Crippen LogP contribution is 2.50. The van der Waals surface area contributed by atoms with Crippen LogP contribution in [0.3, 0.4) is 0 Å². The molecule has 0 bridgehead atoms. The van der Waals surface area contributed by atoms with Gasteiger partial charge in [0.25, 0.3) is 11.8 Å². The van der Waals surface area contributed by atoms with Gasteiger partial charge in [-0.15, -0.1) is 0 Å². The molecule has 7 nitrogen and oxygen atoms in total. The first-order chi connectivity index (χ1) is 14.7. The van der Waals surface area contributed by atoms with Crippen LogP contribution in [-0.4, -0.2) is 58.6 Å². The molecule has 4 rings (SSSR count). The molecule has 1 saturated heterocycles. The first-order valence-electron chi connectivity index (χ1n) is 9.77. The van der Waals surface area contributed by atoms with Gasteiger partial charge in [0.1, 0.15) is 6.04 Å². The van der Waals surface area contributed by atoms with E-state index in [1.54, 1.807) is 12.1 Å². The van der Waals surface area contributed by atoms with E-state index in [9.17, 15) is 33.4 Å². The molecule has 0 unspecified atom stereocenters. The van der Waals surface area contributed by atoms with Crippen molar-refractivity contribution in [2.75, 3.05) is 19.7 Å². The molecule has 9 heteroatoms. The van der Waals surface area contributed by atoms with E-state index in [1.165, 1.54) is 30.3 Å². The second-order valence-corrected chi connectivity index (χ2v) is 7.75. The van der Waals surface area contributed by atoms with Gasteiger partial charge in [-0.1, -0.05) is 30.3 Å².